The van der Waals surface area contributed by atoms with Gasteiger partial charge >= 0.3 is 0 Å². The number of amides is 1. The predicted octanol–water partition coefficient (Wildman–Crippen LogP) is 4.44. The fourth-order valence-corrected chi connectivity index (χ4v) is 5.27. The molecule has 6 rings (SSSR count). The lowest BCUT2D eigenvalue weighted by molar-refractivity contribution is -0.110. The van der Waals surface area contributed by atoms with Crippen molar-refractivity contribution in [2.45, 2.75) is 18.9 Å². The van der Waals surface area contributed by atoms with Gasteiger partial charge in [0, 0.05) is 43.4 Å². The maximum Gasteiger partial charge on any atom is 0.258 e. The standard InChI is InChI=1S/C28H28ClN7O2/c1-38-14-13-36-11-9-19(10-12-36)31-28-30-16-22-25(35-28)24(27(37)34-22)23(17-5-4-6-18(29)15-17)26-32-20-7-2-3-8-21(20)33-26/h2-8,15-16,19H,9-14H2,1H3,(H,32,33)(H,34,37)(H,30,31,35)/b24-23-. The van der Waals surface area contributed by atoms with E-state index in [1.54, 1.807) is 19.4 Å². The van der Waals surface area contributed by atoms with Crippen LogP contribution in [0.1, 0.15) is 29.9 Å². The summed E-state index contributed by atoms with van der Waals surface area (Å²) in [5.74, 6) is 0.819. The first-order valence-corrected chi connectivity index (χ1v) is 13.1. The van der Waals surface area contributed by atoms with Crippen LogP contribution in [0.5, 0.6) is 0 Å². The van der Waals surface area contributed by atoms with Crippen LogP contribution in [0.15, 0.2) is 54.7 Å². The number of hydrogen-bond acceptors (Lipinski definition) is 7. The molecule has 10 heteroatoms. The summed E-state index contributed by atoms with van der Waals surface area (Å²) >= 11 is 6.37. The van der Waals surface area contributed by atoms with E-state index in [4.69, 9.17) is 26.3 Å². The second-order valence-corrected chi connectivity index (χ2v) is 9.96. The van der Waals surface area contributed by atoms with Crippen molar-refractivity contribution in [1.82, 2.24) is 24.8 Å². The van der Waals surface area contributed by atoms with Crippen molar-refractivity contribution in [3.05, 3.63) is 76.8 Å². The molecule has 0 unspecified atom stereocenters. The highest BCUT2D eigenvalue weighted by Gasteiger charge is 2.32. The van der Waals surface area contributed by atoms with Gasteiger partial charge in [-0.3, -0.25) is 4.79 Å². The largest absolute Gasteiger partial charge is 0.383 e. The number of hydrogen-bond donors (Lipinski definition) is 3. The van der Waals surface area contributed by atoms with Crippen molar-refractivity contribution in [2.24, 2.45) is 0 Å². The van der Waals surface area contributed by atoms with Gasteiger partial charge in [0.1, 0.15) is 11.5 Å². The Labute approximate surface area is 225 Å². The van der Waals surface area contributed by atoms with Gasteiger partial charge in [-0.1, -0.05) is 35.9 Å². The molecule has 1 amide bonds. The summed E-state index contributed by atoms with van der Waals surface area (Å²) < 4.78 is 5.21. The molecule has 2 aromatic heterocycles. The molecular weight excluding hydrogens is 502 g/mol. The van der Waals surface area contributed by atoms with E-state index in [0.717, 1.165) is 55.7 Å². The second-order valence-electron chi connectivity index (χ2n) is 9.53. The number of aromatic amines is 1. The number of para-hydroxylation sites is 2. The van der Waals surface area contributed by atoms with Crippen LogP contribution in [0.2, 0.25) is 5.02 Å². The maximum absolute atomic E-state index is 13.4. The molecule has 38 heavy (non-hydrogen) atoms. The number of nitrogens with one attached hydrogen (secondary N) is 3. The number of fused-ring (bicyclic) bond motifs is 2. The van der Waals surface area contributed by atoms with Crippen LogP contribution in [0, 0.1) is 0 Å². The Morgan fingerprint density at radius 2 is 2.00 bits per heavy atom. The predicted molar refractivity (Wildman–Crippen MR) is 149 cm³/mol. The number of carbonyl (C=O) groups is 1. The number of carbonyl (C=O) groups excluding carboxylic acids is 1. The second kappa shape index (κ2) is 10.5. The van der Waals surface area contributed by atoms with Crippen molar-refractivity contribution in [1.29, 1.82) is 0 Å². The Bertz CT molecular complexity index is 1490. The highest BCUT2D eigenvalue weighted by molar-refractivity contribution is 6.37. The lowest BCUT2D eigenvalue weighted by Crippen LogP contribution is -2.40. The van der Waals surface area contributed by atoms with Crippen LogP contribution >= 0.6 is 11.6 Å². The van der Waals surface area contributed by atoms with Crippen LogP contribution in [0.4, 0.5) is 11.6 Å². The van der Waals surface area contributed by atoms with Crippen molar-refractivity contribution in [3.8, 4) is 0 Å². The molecule has 194 valence electrons. The van der Waals surface area contributed by atoms with E-state index in [9.17, 15) is 4.79 Å². The molecule has 3 N–H and O–H groups in total. The minimum atomic E-state index is -0.256. The average Bonchev–Trinajstić information content (AvgIpc) is 3.49. The maximum atomic E-state index is 13.4. The summed E-state index contributed by atoms with van der Waals surface area (Å²) in [4.78, 5) is 33.3. The number of anilines is 2. The molecule has 1 fully saturated rings. The van der Waals surface area contributed by atoms with Gasteiger partial charge in [0.25, 0.3) is 5.91 Å². The molecule has 2 aliphatic heterocycles. The van der Waals surface area contributed by atoms with Crippen molar-refractivity contribution in [2.75, 3.05) is 44.0 Å². The third-order valence-electron chi connectivity index (χ3n) is 7.02. The molecule has 0 radical (unpaired) electrons. The fraction of sp³-hybridized carbons (Fsp3) is 0.286. The summed E-state index contributed by atoms with van der Waals surface area (Å²) in [6, 6.07) is 15.4. The molecule has 4 heterocycles. The smallest absolute Gasteiger partial charge is 0.258 e. The van der Waals surface area contributed by atoms with Gasteiger partial charge in [-0.2, -0.15) is 0 Å². The van der Waals surface area contributed by atoms with Crippen molar-refractivity contribution >= 4 is 51.3 Å². The van der Waals surface area contributed by atoms with E-state index < -0.39 is 0 Å². The van der Waals surface area contributed by atoms with Crippen LogP contribution < -0.4 is 10.6 Å². The summed E-state index contributed by atoms with van der Waals surface area (Å²) in [5, 5.41) is 6.98. The third-order valence-corrected chi connectivity index (χ3v) is 7.26. The van der Waals surface area contributed by atoms with Gasteiger partial charge in [0.15, 0.2) is 0 Å². The normalized spacial score (nSPS) is 17.5. The van der Waals surface area contributed by atoms with Gasteiger partial charge in [-0.25, -0.2) is 15.0 Å². The topological polar surface area (TPSA) is 108 Å². The molecule has 1 saturated heterocycles. The Hall–Kier alpha value is -3.79. The highest BCUT2D eigenvalue weighted by Crippen LogP contribution is 2.39. The summed E-state index contributed by atoms with van der Waals surface area (Å²) in [7, 11) is 1.73. The van der Waals surface area contributed by atoms with E-state index in [2.05, 4.69) is 25.5 Å². The van der Waals surface area contributed by atoms with Gasteiger partial charge in [-0.15, -0.1) is 0 Å². The van der Waals surface area contributed by atoms with E-state index in [1.807, 2.05) is 42.5 Å². The van der Waals surface area contributed by atoms with Crippen LogP contribution in [-0.4, -0.2) is 70.1 Å². The molecule has 0 aliphatic carbocycles. The molecule has 4 aromatic rings. The molecule has 2 aliphatic rings. The first-order valence-electron chi connectivity index (χ1n) is 12.7. The zero-order chi connectivity index (χ0) is 26.1. The monoisotopic (exact) mass is 529 g/mol. The quantitative estimate of drug-likeness (QED) is 0.304. The number of imidazole rings is 1. The number of rotatable bonds is 7. The number of halogens is 1. The first-order chi connectivity index (χ1) is 18.6. The van der Waals surface area contributed by atoms with E-state index in [1.165, 1.54) is 0 Å². The van der Waals surface area contributed by atoms with Crippen LogP contribution in [-0.2, 0) is 9.53 Å². The molecule has 0 spiro atoms. The van der Waals surface area contributed by atoms with Crippen molar-refractivity contribution < 1.29 is 9.53 Å². The SMILES string of the molecule is COCCN1CCC(Nc2ncc3c(n2)/C(=C(\c2cccc(Cl)c2)c2nc4ccccc4[nH]2)C(=O)N3)CC1. The van der Waals surface area contributed by atoms with Crippen LogP contribution in [0.3, 0.4) is 0 Å². The van der Waals surface area contributed by atoms with Crippen LogP contribution in [0.25, 0.3) is 22.2 Å². The summed E-state index contributed by atoms with van der Waals surface area (Å²) in [5.41, 5.74) is 4.63. The fourth-order valence-electron chi connectivity index (χ4n) is 5.08. The molecule has 9 nitrogen and oxygen atoms in total. The van der Waals surface area contributed by atoms with E-state index in [-0.39, 0.29) is 11.9 Å². The number of likely N-dealkylation sites (tertiary alicyclic amines) is 1. The van der Waals surface area contributed by atoms with Gasteiger partial charge in [-0.05, 0) is 42.7 Å². The Kier molecular flexibility index (Phi) is 6.80. The minimum absolute atomic E-state index is 0.256. The minimum Gasteiger partial charge on any atom is -0.383 e. The number of methoxy groups -OCH3 is 1. The number of aromatic nitrogens is 4. The Morgan fingerprint density at radius 3 is 2.79 bits per heavy atom. The summed E-state index contributed by atoms with van der Waals surface area (Å²) in [6.07, 6.45) is 3.63. The first kappa shape index (κ1) is 24.5. The molecular formula is C28H28ClN7O2. The molecule has 2 aromatic carbocycles. The lowest BCUT2D eigenvalue weighted by atomic mass is 9.97. The van der Waals surface area contributed by atoms with E-state index >= 15 is 0 Å². The molecule has 0 atom stereocenters. The number of piperidine rings is 1. The van der Waals surface area contributed by atoms with Gasteiger partial charge in [0.05, 0.1) is 35.1 Å². The summed E-state index contributed by atoms with van der Waals surface area (Å²) in [6.45, 7) is 3.65. The Balaban J connectivity index is 1.38. The number of benzene rings is 2. The third kappa shape index (κ3) is 4.88. The number of ether oxygens (including phenoxy) is 1. The van der Waals surface area contributed by atoms with Crippen molar-refractivity contribution in [3.63, 3.8) is 0 Å². The lowest BCUT2D eigenvalue weighted by Gasteiger charge is -2.32. The zero-order valence-corrected chi connectivity index (χ0v) is 21.8. The molecule has 0 saturated carbocycles. The number of H-pyrrole nitrogens is 1. The zero-order valence-electron chi connectivity index (χ0n) is 21.0. The average molecular weight is 530 g/mol. The Morgan fingerprint density at radius 1 is 1.16 bits per heavy atom. The number of nitrogens with zero attached hydrogens (tertiary/aromatic N) is 4. The highest BCUT2D eigenvalue weighted by atomic mass is 35.5. The van der Waals surface area contributed by atoms with Gasteiger partial charge in [0.2, 0.25) is 5.95 Å². The van der Waals surface area contributed by atoms with Gasteiger partial charge < -0.3 is 25.3 Å². The molecule has 0 bridgehead atoms. The van der Waals surface area contributed by atoms with E-state index in [0.29, 0.717) is 39.3 Å².